The summed E-state index contributed by atoms with van der Waals surface area (Å²) in [5.74, 6) is 0. The van der Waals surface area contributed by atoms with E-state index in [1.165, 1.54) is 4.68 Å². The lowest BCUT2D eigenvalue weighted by molar-refractivity contribution is 0.560. The highest BCUT2D eigenvalue weighted by Crippen LogP contribution is 2.17. The molecule has 0 bridgehead atoms. The van der Waals surface area contributed by atoms with Gasteiger partial charge in [0.25, 0.3) is 5.56 Å². The van der Waals surface area contributed by atoms with Crippen LogP contribution in [0.3, 0.4) is 0 Å². The van der Waals surface area contributed by atoms with E-state index in [-0.39, 0.29) is 5.56 Å². The van der Waals surface area contributed by atoms with Gasteiger partial charge in [0.15, 0.2) is 0 Å². The zero-order chi connectivity index (χ0) is 9.42. The van der Waals surface area contributed by atoms with Crippen molar-refractivity contribution in [1.82, 2.24) is 9.78 Å². The predicted molar refractivity (Wildman–Crippen MR) is 47.4 cm³/mol. The Bertz CT molecular complexity index is 421. The molecule has 1 aromatic heterocycles. The number of hydrogen-bond donors (Lipinski definition) is 1. The lowest BCUT2D eigenvalue weighted by Crippen LogP contribution is -2.21. The average Bonchev–Trinajstić information content (AvgIpc) is 2.68. The highest BCUT2D eigenvalue weighted by molar-refractivity contribution is 5.22. The van der Waals surface area contributed by atoms with Crippen molar-refractivity contribution < 1.29 is 0 Å². The molecule has 1 heterocycles. The van der Waals surface area contributed by atoms with E-state index in [0.717, 1.165) is 30.5 Å². The summed E-state index contributed by atoms with van der Waals surface area (Å²) in [5, 5.41) is 11.7. The summed E-state index contributed by atoms with van der Waals surface area (Å²) in [6.07, 6.45) is 2.85. The SMILES string of the molecule is CC(C#N)n1[nH]c2c(c1=O)CCC2. The minimum absolute atomic E-state index is 0.0125. The molecule has 2 rings (SSSR count). The molecule has 0 saturated carbocycles. The maximum atomic E-state index is 11.6. The third kappa shape index (κ3) is 1.08. The lowest BCUT2D eigenvalue weighted by atomic mass is 10.3. The van der Waals surface area contributed by atoms with Crippen molar-refractivity contribution in [3.05, 3.63) is 21.6 Å². The molecule has 0 aromatic carbocycles. The number of nitrogens with zero attached hydrogens (tertiary/aromatic N) is 2. The van der Waals surface area contributed by atoms with Gasteiger partial charge < -0.3 is 0 Å². The van der Waals surface area contributed by atoms with E-state index in [4.69, 9.17) is 5.26 Å². The third-order valence-corrected chi connectivity index (χ3v) is 2.52. The monoisotopic (exact) mass is 177 g/mol. The summed E-state index contributed by atoms with van der Waals surface area (Å²) < 4.78 is 1.42. The Labute approximate surface area is 75.8 Å². The summed E-state index contributed by atoms with van der Waals surface area (Å²) in [6.45, 7) is 1.72. The zero-order valence-electron chi connectivity index (χ0n) is 7.50. The van der Waals surface area contributed by atoms with Crippen LogP contribution in [0.2, 0.25) is 0 Å². The molecule has 1 aliphatic rings. The van der Waals surface area contributed by atoms with Gasteiger partial charge in [-0.3, -0.25) is 9.89 Å². The normalized spacial score (nSPS) is 16.6. The van der Waals surface area contributed by atoms with Gasteiger partial charge in [-0.2, -0.15) is 5.26 Å². The Morgan fingerprint density at radius 2 is 2.38 bits per heavy atom. The number of rotatable bonds is 1. The van der Waals surface area contributed by atoms with Crippen LogP contribution in [0.5, 0.6) is 0 Å². The lowest BCUT2D eigenvalue weighted by Gasteiger charge is -2.02. The summed E-state index contributed by atoms with van der Waals surface area (Å²) in [4.78, 5) is 11.6. The molecule has 0 saturated heterocycles. The topological polar surface area (TPSA) is 61.6 Å². The van der Waals surface area contributed by atoms with Gasteiger partial charge in [-0.05, 0) is 26.2 Å². The second-order valence-corrected chi connectivity index (χ2v) is 3.40. The van der Waals surface area contributed by atoms with E-state index in [1.807, 2.05) is 6.07 Å². The molecule has 13 heavy (non-hydrogen) atoms. The standard InChI is InChI=1S/C9H11N3O/c1-6(5-10)12-9(13)7-3-2-4-8(7)11-12/h6,11H,2-4H2,1H3. The quantitative estimate of drug-likeness (QED) is 0.688. The van der Waals surface area contributed by atoms with Gasteiger partial charge in [0.05, 0.1) is 6.07 Å². The number of nitriles is 1. The smallest absolute Gasteiger partial charge is 0.271 e. The minimum Gasteiger partial charge on any atom is -0.298 e. The van der Waals surface area contributed by atoms with E-state index >= 15 is 0 Å². The van der Waals surface area contributed by atoms with Gasteiger partial charge in [0.1, 0.15) is 6.04 Å². The fourth-order valence-corrected chi connectivity index (χ4v) is 1.78. The molecule has 0 radical (unpaired) electrons. The molecule has 1 aromatic rings. The second-order valence-electron chi connectivity index (χ2n) is 3.40. The summed E-state index contributed by atoms with van der Waals surface area (Å²) in [6, 6.07) is 1.65. The third-order valence-electron chi connectivity index (χ3n) is 2.52. The largest absolute Gasteiger partial charge is 0.298 e. The van der Waals surface area contributed by atoms with Gasteiger partial charge in [-0.25, -0.2) is 4.68 Å². The number of nitrogens with one attached hydrogen (secondary N) is 1. The first kappa shape index (κ1) is 8.11. The fraction of sp³-hybridized carbons (Fsp3) is 0.556. The molecule has 0 amide bonds. The first-order chi connectivity index (χ1) is 6.24. The van der Waals surface area contributed by atoms with E-state index in [0.29, 0.717) is 0 Å². The summed E-state index contributed by atoms with van der Waals surface area (Å²) >= 11 is 0. The minimum atomic E-state index is -0.391. The van der Waals surface area contributed by atoms with Gasteiger partial charge >= 0.3 is 0 Å². The number of aromatic nitrogens is 2. The van der Waals surface area contributed by atoms with Crippen molar-refractivity contribution in [2.45, 2.75) is 32.2 Å². The molecule has 0 fully saturated rings. The van der Waals surface area contributed by atoms with Gasteiger partial charge in [0.2, 0.25) is 0 Å². The molecule has 1 aliphatic carbocycles. The van der Waals surface area contributed by atoms with Crippen LogP contribution in [-0.2, 0) is 12.8 Å². The molecule has 68 valence electrons. The summed E-state index contributed by atoms with van der Waals surface area (Å²) in [5.41, 5.74) is 1.88. The van der Waals surface area contributed by atoms with E-state index < -0.39 is 6.04 Å². The van der Waals surface area contributed by atoms with Crippen LogP contribution in [0.15, 0.2) is 4.79 Å². The number of hydrogen-bond acceptors (Lipinski definition) is 2. The van der Waals surface area contributed by atoms with Crippen molar-refractivity contribution in [1.29, 1.82) is 5.26 Å². The van der Waals surface area contributed by atoms with Crippen LogP contribution in [0, 0.1) is 11.3 Å². The molecular weight excluding hydrogens is 166 g/mol. The molecule has 1 atom stereocenters. The highest BCUT2D eigenvalue weighted by Gasteiger charge is 2.20. The number of fused-ring (bicyclic) bond motifs is 1. The maximum Gasteiger partial charge on any atom is 0.271 e. The van der Waals surface area contributed by atoms with Crippen molar-refractivity contribution in [3.63, 3.8) is 0 Å². The average molecular weight is 177 g/mol. The number of H-pyrrole nitrogens is 1. The molecule has 1 unspecified atom stereocenters. The van der Waals surface area contributed by atoms with Crippen LogP contribution in [-0.4, -0.2) is 9.78 Å². The Morgan fingerprint density at radius 3 is 3.00 bits per heavy atom. The molecule has 0 aliphatic heterocycles. The van der Waals surface area contributed by atoms with Crippen molar-refractivity contribution in [3.8, 4) is 6.07 Å². The fourth-order valence-electron chi connectivity index (χ4n) is 1.78. The first-order valence-corrected chi connectivity index (χ1v) is 4.46. The second kappa shape index (κ2) is 2.77. The maximum absolute atomic E-state index is 11.6. The van der Waals surface area contributed by atoms with Gasteiger partial charge in [-0.1, -0.05) is 0 Å². The Balaban J connectivity index is 2.52. The van der Waals surface area contributed by atoms with Gasteiger partial charge in [0, 0.05) is 11.3 Å². The number of aryl methyl sites for hydroxylation is 1. The molecule has 1 N–H and O–H groups in total. The Hall–Kier alpha value is -1.50. The van der Waals surface area contributed by atoms with Crippen LogP contribution in [0.4, 0.5) is 0 Å². The Morgan fingerprint density at radius 1 is 1.62 bits per heavy atom. The summed E-state index contributed by atoms with van der Waals surface area (Å²) in [7, 11) is 0. The van der Waals surface area contributed by atoms with Crippen LogP contribution in [0.1, 0.15) is 30.6 Å². The van der Waals surface area contributed by atoms with Crippen molar-refractivity contribution in [2.75, 3.05) is 0 Å². The van der Waals surface area contributed by atoms with Crippen LogP contribution < -0.4 is 5.56 Å². The number of aromatic amines is 1. The Kier molecular flexibility index (Phi) is 1.73. The highest BCUT2D eigenvalue weighted by atomic mass is 16.1. The van der Waals surface area contributed by atoms with Crippen molar-refractivity contribution >= 4 is 0 Å². The van der Waals surface area contributed by atoms with E-state index in [1.54, 1.807) is 6.92 Å². The van der Waals surface area contributed by atoms with Crippen LogP contribution in [0.25, 0.3) is 0 Å². The van der Waals surface area contributed by atoms with Crippen molar-refractivity contribution in [2.24, 2.45) is 0 Å². The predicted octanol–water partition coefficient (Wildman–Crippen LogP) is 0.750. The molecule has 0 spiro atoms. The van der Waals surface area contributed by atoms with E-state index in [2.05, 4.69) is 5.10 Å². The molecular formula is C9H11N3O. The molecule has 4 heteroatoms. The zero-order valence-corrected chi connectivity index (χ0v) is 7.50. The molecule has 4 nitrogen and oxygen atoms in total. The van der Waals surface area contributed by atoms with E-state index in [9.17, 15) is 4.79 Å². The van der Waals surface area contributed by atoms with Gasteiger partial charge in [-0.15, -0.1) is 0 Å². The van der Waals surface area contributed by atoms with Crippen LogP contribution >= 0.6 is 0 Å². The first-order valence-electron chi connectivity index (χ1n) is 4.46.